The lowest BCUT2D eigenvalue weighted by atomic mass is 10.2. The minimum atomic E-state index is -0.562. The van der Waals surface area contributed by atoms with Crippen LogP contribution in [0.1, 0.15) is 21.1 Å². The first kappa shape index (κ1) is 15.8. The van der Waals surface area contributed by atoms with Crippen molar-refractivity contribution in [1.82, 2.24) is 0 Å². The Labute approximate surface area is 147 Å². The smallest absolute Gasteiger partial charge is 0.373 e. The molecule has 0 aliphatic rings. The van der Waals surface area contributed by atoms with Gasteiger partial charge in [0, 0.05) is 22.1 Å². The number of benzene rings is 2. The van der Waals surface area contributed by atoms with Crippen LogP contribution in [-0.4, -0.2) is 19.0 Å². The van der Waals surface area contributed by atoms with Gasteiger partial charge in [-0.25, -0.2) is 4.79 Å². The standard InChI is InChI=1S/C19H14N2O5/c1-24-19(23)17-9-11-7-13(3-5-15(11)26-17)21-18(22)16-8-10-6-12(20)2-4-14(10)25-16/h2-9H,20H2,1H3,(H,21,22). The third-order valence-corrected chi connectivity index (χ3v) is 3.92. The maximum absolute atomic E-state index is 12.4. The largest absolute Gasteiger partial charge is 0.463 e. The summed E-state index contributed by atoms with van der Waals surface area (Å²) in [4.78, 5) is 24.0. The zero-order valence-electron chi connectivity index (χ0n) is 13.7. The van der Waals surface area contributed by atoms with Gasteiger partial charge in [-0.05, 0) is 48.5 Å². The van der Waals surface area contributed by atoms with E-state index in [-0.39, 0.29) is 11.5 Å². The Morgan fingerprint density at radius 2 is 1.58 bits per heavy atom. The van der Waals surface area contributed by atoms with Gasteiger partial charge in [-0.15, -0.1) is 0 Å². The summed E-state index contributed by atoms with van der Waals surface area (Å²) in [5.41, 5.74) is 7.97. The Balaban J connectivity index is 1.60. The molecule has 26 heavy (non-hydrogen) atoms. The van der Waals surface area contributed by atoms with Crippen LogP contribution in [0.5, 0.6) is 0 Å². The lowest BCUT2D eigenvalue weighted by Crippen LogP contribution is -2.10. The molecule has 2 heterocycles. The minimum Gasteiger partial charge on any atom is -0.463 e. The summed E-state index contributed by atoms with van der Waals surface area (Å²) >= 11 is 0. The van der Waals surface area contributed by atoms with Crippen molar-refractivity contribution >= 4 is 45.2 Å². The average Bonchev–Trinajstić information content (AvgIpc) is 3.24. The molecule has 0 saturated heterocycles. The highest BCUT2D eigenvalue weighted by Crippen LogP contribution is 2.25. The van der Waals surface area contributed by atoms with E-state index in [1.54, 1.807) is 48.5 Å². The van der Waals surface area contributed by atoms with E-state index < -0.39 is 11.9 Å². The van der Waals surface area contributed by atoms with Gasteiger partial charge in [0.05, 0.1) is 7.11 Å². The first-order valence-electron chi connectivity index (χ1n) is 7.76. The summed E-state index contributed by atoms with van der Waals surface area (Å²) in [5.74, 6) is -0.682. The molecule has 1 amide bonds. The third kappa shape index (κ3) is 2.75. The van der Waals surface area contributed by atoms with E-state index in [0.29, 0.717) is 27.9 Å². The molecule has 0 aliphatic carbocycles. The molecule has 7 heteroatoms. The predicted octanol–water partition coefficient (Wildman–Crippen LogP) is 3.80. The molecule has 0 unspecified atom stereocenters. The number of nitrogen functional groups attached to an aromatic ring is 1. The van der Waals surface area contributed by atoms with Gasteiger partial charge in [-0.2, -0.15) is 0 Å². The minimum absolute atomic E-state index is 0.0980. The molecule has 4 rings (SSSR count). The number of anilines is 2. The summed E-state index contributed by atoms with van der Waals surface area (Å²) < 4.78 is 15.6. The number of hydrogen-bond acceptors (Lipinski definition) is 6. The third-order valence-electron chi connectivity index (χ3n) is 3.92. The number of nitrogens with one attached hydrogen (secondary N) is 1. The van der Waals surface area contributed by atoms with Crippen molar-refractivity contribution in [2.75, 3.05) is 18.2 Å². The zero-order chi connectivity index (χ0) is 18.3. The van der Waals surface area contributed by atoms with Crippen molar-refractivity contribution in [2.45, 2.75) is 0 Å². The molecule has 0 saturated carbocycles. The number of esters is 1. The number of rotatable bonds is 3. The topological polar surface area (TPSA) is 108 Å². The van der Waals surface area contributed by atoms with E-state index in [4.69, 9.17) is 14.6 Å². The highest BCUT2D eigenvalue weighted by molar-refractivity contribution is 6.05. The summed E-state index contributed by atoms with van der Waals surface area (Å²) in [5, 5.41) is 4.18. The first-order chi connectivity index (χ1) is 12.5. The lowest BCUT2D eigenvalue weighted by Gasteiger charge is -2.02. The van der Waals surface area contributed by atoms with Gasteiger partial charge in [0.1, 0.15) is 11.2 Å². The van der Waals surface area contributed by atoms with Crippen LogP contribution in [0.15, 0.2) is 57.4 Å². The van der Waals surface area contributed by atoms with E-state index >= 15 is 0 Å². The fraction of sp³-hybridized carbons (Fsp3) is 0.0526. The fourth-order valence-corrected chi connectivity index (χ4v) is 2.69. The van der Waals surface area contributed by atoms with Gasteiger partial charge in [0.15, 0.2) is 5.76 Å². The van der Waals surface area contributed by atoms with Gasteiger partial charge >= 0.3 is 5.97 Å². The Bertz CT molecular complexity index is 1160. The monoisotopic (exact) mass is 350 g/mol. The Morgan fingerprint density at radius 1 is 0.923 bits per heavy atom. The number of amides is 1. The summed E-state index contributed by atoms with van der Waals surface area (Å²) in [6, 6.07) is 13.4. The number of carbonyl (C=O) groups excluding carboxylic acids is 2. The van der Waals surface area contributed by atoms with E-state index in [9.17, 15) is 9.59 Å². The van der Waals surface area contributed by atoms with Crippen LogP contribution in [0, 0.1) is 0 Å². The Morgan fingerprint density at radius 3 is 2.35 bits per heavy atom. The molecule has 0 fully saturated rings. The Kier molecular flexibility index (Phi) is 3.62. The quantitative estimate of drug-likeness (QED) is 0.430. The number of furan rings is 2. The molecule has 4 aromatic rings. The molecular formula is C19H14N2O5. The van der Waals surface area contributed by atoms with E-state index in [2.05, 4.69) is 10.1 Å². The zero-order valence-corrected chi connectivity index (χ0v) is 13.7. The van der Waals surface area contributed by atoms with Crippen LogP contribution in [0.3, 0.4) is 0 Å². The maximum Gasteiger partial charge on any atom is 0.373 e. The maximum atomic E-state index is 12.4. The average molecular weight is 350 g/mol. The van der Waals surface area contributed by atoms with Gasteiger partial charge in [0.2, 0.25) is 5.76 Å². The van der Waals surface area contributed by atoms with Crippen molar-refractivity contribution in [1.29, 1.82) is 0 Å². The Hall–Kier alpha value is -3.74. The van der Waals surface area contributed by atoms with Crippen molar-refractivity contribution in [3.8, 4) is 0 Å². The summed E-state index contributed by atoms with van der Waals surface area (Å²) in [6.07, 6.45) is 0. The first-order valence-corrected chi connectivity index (χ1v) is 7.76. The predicted molar refractivity (Wildman–Crippen MR) is 96.1 cm³/mol. The summed E-state index contributed by atoms with van der Waals surface area (Å²) in [6.45, 7) is 0. The molecule has 0 atom stereocenters. The molecule has 2 aromatic heterocycles. The van der Waals surface area contributed by atoms with Crippen molar-refractivity contribution < 1.29 is 23.2 Å². The highest BCUT2D eigenvalue weighted by Gasteiger charge is 2.15. The lowest BCUT2D eigenvalue weighted by molar-refractivity contribution is 0.0567. The molecule has 2 aromatic carbocycles. The number of methoxy groups -OCH3 is 1. The molecule has 0 aliphatic heterocycles. The number of carbonyl (C=O) groups is 2. The second-order valence-corrected chi connectivity index (χ2v) is 5.72. The van der Waals surface area contributed by atoms with Crippen LogP contribution < -0.4 is 11.1 Å². The normalized spacial score (nSPS) is 11.0. The van der Waals surface area contributed by atoms with Crippen molar-refractivity contribution in [3.63, 3.8) is 0 Å². The van der Waals surface area contributed by atoms with Crippen LogP contribution in [0.2, 0.25) is 0 Å². The number of ether oxygens (including phenoxy) is 1. The van der Waals surface area contributed by atoms with E-state index in [1.165, 1.54) is 7.11 Å². The second kappa shape index (κ2) is 5.96. The second-order valence-electron chi connectivity index (χ2n) is 5.72. The van der Waals surface area contributed by atoms with Gasteiger partial charge in [-0.1, -0.05) is 0 Å². The van der Waals surface area contributed by atoms with Crippen molar-refractivity contribution in [2.24, 2.45) is 0 Å². The van der Waals surface area contributed by atoms with Gasteiger partial charge < -0.3 is 24.6 Å². The highest BCUT2D eigenvalue weighted by atomic mass is 16.5. The SMILES string of the molecule is COC(=O)c1cc2cc(NC(=O)c3cc4cc(N)ccc4o3)ccc2o1. The van der Waals surface area contributed by atoms with Crippen LogP contribution in [0.25, 0.3) is 21.9 Å². The molecule has 130 valence electrons. The molecule has 0 bridgehead atoms. The molecule has 0 radical (unpaired) electrons. The van der Waals surface area contributed by atoms with E-state index in [1.807, 2.05) is 0 Å². The molecule has 0 spiro atoms. The molecule has 7 nitrogen and oxygen atoms in total. The van der Waals surface area contributed by atoms with E-state index in [0.717, 1.165) is 5.39 Å². The van der Waals surface area contributed by atoms with Crippen LogP contribution in [-0.2, 0) is 4.74 Å². The fourth-order valence-electron chi connectivity index (χ4n) is 2.69. The van der Waals surface area contributed by atoms with Crippen molar-refractivity contribution in [3.05, 3.63) is 60.1 Å². The van der Waals surface area contributed by atoms with Gasteiger partial charge in [0.25, 0.3) is 5.91 Å². The summed E-state index contributed by atoms with van der Waals surface area (Å²) in [7, 11) is 1.28. The van der Waals surface area contributed by atoms with Crippen LogP contribution >= 0.6 is 0 Å². The van der Waals surface area contributed by atoms with Gasteiger partial charge in [-0.3, -0.25) is 4.79 Å². The number of nitrogens with two attached hydrogens (primary N) is 1. The molecule has 3 N–H and O–H groups in total. The molecular weight excluding hydrogens is 336 g/mol. The number of fused-ring (bicyclic) bond motifs is 2. The number of hydrogen-bond donors (Lipinski definition) is 2. The van der Waals surface area contributed by atoms with Crippen LogP contribution in [0.4, 0.5) is 11.4 Å².